The Kier molecular flexibility index (Phi) is 5.00. The summed E-state index contributed by atoms with van der Waals surface area (Å²) in [6, 6.07) is 9.16. The van der Waals surface area contributed by atoms with Crippen molar-refractivity contribution in [2.45, 2.75) is 12.8 Å². The molecular weight excluding hydrogens is 342 g/mol. The molecule has 0 saturated carbocycles. The van der Waals surface area contributed by atoms with Crippen molar-refractivity contribution < 1.29 is 9.59 Å². The van der Waals surface area contributed by atoms with Crippen molar-refractivity contribution in [1.29, 1.82) is 0 Å². The van der Waals surface area contributed by atoms with Gasteiger partial charge in [0.15, 0.2) is 0 Å². The van der Waals surface area contributed by atoms with Crippen molar-refractivity contribution >= 4 is 17.6 Å². The third kappa shape index (κ3) is 3.77. The second-order valence-electron chi connectivity index (χ2n) is 6.90. The van der Waals surface area contributed by atoms with Crippen LogP contribution in [0.2, 0.25) is 0 Å². The number of amides is 2. The van der Waals surface area contributed by atoms with Gasteiger partial charge >= 0.3 is 0 Å². The zero-order valence-electron chi connectivity index (χ0n) is 15.3. The molecule has 2 aromatic heterocycles. The molecule has 4 heterocycles. The smallest absolute Gasteiger partial charge is 0.272 e. The maximum Gasteiger partial charge on any atom is 0.272 e. The van der Waals surface area contributed by atoms with Gasteiger partial charge in [0.2, 0.25) is 0 Å². The summed E-state index contributed by atoms with van der Waals surface area (Å²) in [5.74, 6) is 0.802. The van der Waals surface area contributed by atoms with Crippen molar-refractivity contribution in [3.8, 4) is 0 Å². The standard InChI is InChI=1S/C20H23N5O2/c26-19(24-9-3-4-10-24)16-6-8-21-17(15-16)20(27)25-13-11-23(12-14-25)18-5-1-2-7-22-18/h1-2,5-8,15H,3-4,9-14H2. The molecule has 0 radical (unpaired) electrons. The summed E-state index contributed by atoms with van der Waals surface area (Å²) in [7, 11) is 0. The van der Waals surface area contributed by atoms with Gasteiger partial charge in [-0.25, -0.2) is 4.98 Å². The van der Waals surface area contributed by atoms with E-state index in [0.29, 0.717) is 24.3 Å². The van der Waals surface area contributed by atoms with Gasteiger partial charge in [0.05, 0.1) is 0 Å². The Labute approximate surface area is 158 Å². The third-order valence-corrected chi connectivity index (χ3v) is 5.16. The lowest BCUT2D eigenvalue weighted by molar-refractivity contribution is 0.0740. The first-order valence-corrected chi connectivity index (χ1v) is 9.43. The quantitative estimate of drug-likeness (QED) is 0.828. The SMILES string of the molecule is O=C(c1ccnc(C(=O)N2CCN(c3ccccn3)CC2)c1)N1CCCC1. The summed E-state index contributed by atoms with van der Waals surface area (Å²) in [4.78, 5) is 39.8. The summed E-state index contributed by atoms with van der Waals surface area (Å²) in [5, 5.41) is 0. The molecule has 0 unspecified atom stereocenters. The van der Waals surface area contributed by atoms with E-state index in [-0.39, 0.29) is 11.8 Å². The van der Waals surface area contributed by atoms with Crippen LogP contribution in [-0.4, -0.2) is 70.9 Å². The van der Waals surface area contributed by atoms with E-state index in [4.69, 9.17) is 0 Å². The fourth-order valence-corrected chi connectivity index (χ4v) is 3.62. The zero-order valence-corrected chi connectivity index (χ0v) is 15.3. The molecule has 0 bridgehead atoms. The fraction of sp³-hybridized carbons (Fsp3) is 0.400. The predicted molar refractivity (Wildman–Crippen MR) is 102 cm³/mol. The lowest BCUT2D eigenvalue weighted by Gasteiger charge is -2.35. The number of anilines is 1. The second kappa shape index (κ2) is 7.73. The lowest BCUT2D eigenvalue weighted by atomic mass is 10.2. The van der Waals surface area contributed by atoms with E-state index in [2.05, 4.69) is 14.9 Å². The number of rotatable bonds is 3. The van der Waals surface area contributed by atoms with Crippen LogP contribution in [0, 0.1) is 0 Å². The molecule has 0 atom stereocenters. The van der Waals surface area contributed by atoms with Crippen LogP contribution in [0.3, 0.4) is 0 Å². The number of piperazine rings is 1. The molecule has 0 spiro atoms. The number of carbonyl (C=O) groups excluding carboxylic acids is 2. The minimum absolute atomic E-state index is 0.0103. The molecule has 0 aromatic carbocycles. The molecule has 7 heteroatoms. The normalized spacial score (nSPS) is 17.3. The molecule has 0 aliphatic carbocycles. The first kappa shape index (κ1) is 17.5. The molecule has 2 saturated heterocycles. The average Bonchev–Trinajstić information content (AvgIpc) is 3.28. The van der Waals surface area contributed by atoms with Gasteiger partial charge in [0.1, 0.15) is 11.5 Å². The number of aromatic nitrogens is 2. The minimum Gasteiger partial charge on any atom is -0.353 e. The predicted octanol–water partition coefficient (Wildman–Crippen LogP) is 1.67. The van der Waals surface area contributed by atoms with E-state index in [1.165, 1.54) is 0 Å². The molecule has 2 fully saturated rings. The summed E-state index contributed by atoms with van der Waals surface area (Å²) < 4.78 is 0. The van der Waals surface area contributed by atoms with Gasteiger partial charge in [-0.2, -0.15) is 0 Å². The molecule has 2 aromatic rings. The molecule has 4 rings (SSSR count). The summed E-state index contributed by atoms with van der Waals surface area (Å²) >= 11 is 0. The van der Waals surface area contributed by atoms with Crippen LogP contribution >= 0.6 is 0 Å². The topological polar surface area (TPSA) is 69.6 Å². The number of hydrogen-bond donors (Lipinski definition) is 0. The second-order valence-corrected chi connectivity index (χ2v) is 6.90. The van der Waals surface area contributed by atoms with Crippen LogP contribution in [0.5, 0.6) is 0 Å². The van der Waals surface area contributed by atoms with Gasteiger partial charge in [-0.05, 0) is 37.1 Å². The molecular formula is C20H23N5O2. The van der Waals surface area contributed by atoms with Crippen molar-refractivity contribution in [2.75, 3.05) is 44.2 Å². The van der Waals surface area contributed by atoms with Crippen LogP contribution < -0.4 is 4.90 Å². The van der Waals surface area contributed by atoms with E-state index < -0.39 is 0 Å². The van der Waals surface area contributed by atoms with Gasteiger partial charge in [0.25, 0.3) is 11.8 Å². The van der Waals surface area contributed by atoms with Crippen molar-refractivity contribution in [2.24, 2.45) is 0 Å². The van der Waals surface area contributed by atoms with Crippen molar-refractivity contribution in [3.63, 3.8) is 0 Å². The fourth-order valence-electron chi connectivity index (χ4n) is 3.62. The first-order chi connectivity index (χ1) is 13.2. The zero-order chi connectivity index (χ0) is 18.6. The molecule has 2 aliphatic rings. The molecule has 140 valence electrons. The van der Waals surface area contributed by atoms with E-state index in [1.807, 2.05) is 23.1 Å². The summed E-state index contributed by atoms with van der Waals surface area (Å²) in [6.07, 6.45) is 5.42. The Morgan fingerprint density at radius 3 is 2.22 bits per heavy atom. The van der Waals surface area contributed by atoms with E-state index >= 15 is 0 Å². The Bertz CT molecular complexity index is 812. The van der Waals surface area contributed by atoms with Gasteiger partial charge in [0, 0.05) is 57.2 Å². The van der Waals surface area contributed by atoms with E-state index in [1.54, 1.807) is 29.4 Å². The van der Waals surface area contributed by atoms with Gasteiger partial charge in [-0.3, -0.25) is 14.6 Å². The molecule has 27 heavy (non-hydrogen) atoms. The molecule has 7 nitrogen and oxygen atoms in total. The maximum absolute atomic E-state index is 12.8. The molecule has 0 N–H and O–H groups in total. The van der Waals surface area contributed by atoms with Crippen molar-refractivity contribution in [1.82, 2.24) is 19.8 Å². The average molecular weight is 365 g/mol. The monoisotopic (exact) mass is 365 g/mol. The molecule has 2 aliphatic heterocycles. The Morgan fingerprint density at radius 1 is 0.778 bits per heavy atom. The lowest BCUT2D eigenvalue weighted by Crippen LogP contribution is -2.49. The van der Waals surface area contributed by atoms with Crippen LogP contribution in [0.25, 0.3) is 0 Å². The number of hydrogen-bond acceptors (Lipinski definition) is 5. The highest BCUT2D eigenvalue weighted by Crippen LogP contribution is 2.16. The highest BCUT2D eigenvalue weighted by molar-refractivity contribution is 5.98. The Morgan fingerprint density at radius 2 is 1.52 bits per heavy atom. The highest BCUT2D eigenvalue weighted by Gasteiger charge is 2.25. The number of nitrogens with zero attached hydrogens (tertiary/aromatic N) is 5. The van der Waals surface area contributed by atoms with Crippen LogP contribution in [0.1, 0.15) is 33.7 Å². The van der Waals surface area contributed by atoms with Gasteiger partial charge < -0.3 is 14.7 Å². The summed E-state index contributed by atoms with van der Waals surface area (Å²) in [6.45, 7) is 4.27. The third-order valence-electron chi connectivity index (χ3n) is 5.16. The first-order valence-electron chi connectivity index (χ1n) is 9.43. The summed E-state index contributed by atoms with van der Waals surface area (Å²) in [5.41, 5.74) is 0.883. The van der Waals surface area contributed by atoms with Crippen LogP contribution in [0.15, 0.2) is 42.7 Å². The van der Waals surface area contributed by atoms with E-state index in [0.717, 1.165) is 44.8 Å². The number of likely N-dealkylation sites (tertiary alicyclic amines) is 1. The highest BCUT2D eigenvalue weighted by atomic mass is 16.2. The molecule has 2 amide bonds. The van der Waals surface area contributed by atoms with Gasteiger partial charge in [-0.1, -0.05) is 6.07 Å². The van der Waals surface area contributed by atoms with Crippen LogP contribution in [0.4, 0.5) is 5.82 Å². The van der Waals surface area contributed by atoms with Crippen molar-refractivity contribution in [3.05, 3.63) is 54.0 Å². The maximum atomic E-state index is 12.8. The Hall–Kier alpha value is -2.96. The van der Waals surface area contributed by atoms with Gasteiger partial charge in [-0.15, -0.1) is 0 Å². The van der Waals surface area contributed by atoms with E-state index in [9.17, 15) is 9.59 Å². The van der Waals surface area contributed by atoms with Crippen LogP contribution in [-0.2, 0) is 0 Å². The number of carbonyl (C=O) groups is 2. The minimum atomic E-state index is -0.119. The number of pyridine rings is 2. The largest absolute Gasteiger partial charge is 0.353 e. The Balaban J connectivity index is 1.41.